The molecule has 0 saturated carbocycles. The molecule has 5 nitrogen and oxygen atoms in total. The van der Waals surface area contributed by atoms with Gasteiger partial charge in [0, 0.05) is 11.9 Å². The summed E-state index contributed by atoms with van der Waals surface area (Å²) in [5.41, 5.74) is 4.33. The lowest BCUT2D eigenvalue weighted by Crippen LogP contribution is -2.36. The summed E-state index contributed by atoms with van der Waals surface area (Å²) >= 11 is 1.16. The number of nitrogens with one attached hydrogen (secondary N) is 1. The van der Waals surface area contributed by atoms with Gasteiger partial charge >= 0.3 is 12.4 Å². The van der Waals surface area contributed by atoms with Crippen LogP contribution in [0.25, 0.3) is 0 Å². The van der Waals surface area contributed by atoms with Crippen LogP contribution in [-0.4, -0.2) is 35.4 Å². The maximum atomic E-state index is 13.2. The zero-order chi connectivity index (χ0) is 28.2. The van der Waals surface area contributed by atoms with Crippen molar-refractivity contribution in [3.8, 4) is 0 Å². The van der Waals surface area contributed by atoms with E-state index in [4.69, 9.17) is 5.73 Å². The van der Waals surface area contributed by atoms with E-state index < -0.39 is 41.8 Å². The number of nitrogens with two attached hydrogens (primary N) is 1. The molecule has 0 bridgehead atoms. The standard InChI is InChI=1S/C27H28F6N4OS/c28-26(29,30)20-12-17(13-21(14-20)27(31,32)33)15-35-24(38)22(23-16-39-25(34)36-23)8-11-37-9-6-19(7-10-37)18-4-2-1-3-5-18/h1-5,12-14,16,19,22H,6-11,15H2,(H2,34,36)(H,35,38)/t22-/m1/s1. The molecular weight excluding hydrogens is 542 g/mol. The zero-order valence-corrected chi connectivity index (χ0v) is 21.7. The maximum absolute atomic E-state index is 13.2. The first kappa shape index (κ1) is 28.9. The molecule has 1 fully saturated rings. The highest BCUT2D eigenvalue weighted by Gasteiger charge is 2.37. The first-order valence-electron chi connectivity index (χ1n) is 12.4. The maximum Gasteiger partial charge on any atom is 0.416 e. The molecule has 2 heterocycles. The second-order valence-corrected chi connectivity index (χ2v) is 10.5. The average molecular weight is 571 g/mol. The number of halogens is 6. The summed E-state index contributed by atoms with van der Waals surface area (Å²) < 4.78 is 79.2. The monoisotopic (exact) mass is 570 g/mol. The molecule has 3 aromatic rings. The van der Waals surface area contributed by atoms with Gasteiger partial charge in [0.15, 0.2) is 5.13 Å². The van der Waals surface area contributed by atoms with E-state index in [1.54, 1.807) is 5.38 Å². The Morgan fingerprint density at radius 2 is 1.64 bits per heavy atom. The number of hydrogen-bond donors (Lipinski definition) is 2. The highest BCUT2D eigenvalue weighted by atomic mass is 32.1. The van der Waals surface area contributed by atoms with Gasteiger partial charge in [0.1, 0.15) is 0 Å². The number of carbonyl (C=O) groups excluding carboxylic acids is 1. The Balaban J connectivity index is 1.41. The lowest BCUT2D eigenvalue weighted by Gasteiger charge is -2.32. The number of benzene rings is 2. The van der Waals surface area contributed by atoms with E-state index in [0.717, 1.165) is 37.3 Å². The summed E-state index contributed by atoms with van der Waals surface area (Å²) in [7, 11) is 0. The summed E-state index contributed by atoms with van der Waals surface area (Å²) in [6, 6.07) is 11.6. The molecule has 2 aromatic carbocycles. The van der Waals surface area contributed by atoms with E-state index in [9.17, 15) is 31.1 Å². The molecule has 1 aliphatic heterocycles. The van der Waals surface area contributed by atoms with Gasteiger partial charge in [0.05, 0.1) is 22.7 Å². The second-order valence-electron chi connectivity index (χ2n) is 9.61. The number of thiazole rings is 1. The number of rotatable bonds is 8. The van der Waals surface area contributed by atoms with E-state index in [2.05, 4.69) is 27.3 Å². The van der Waals surface area contributed by atoms with Crippen LogP contribution in [0.2, 0.25) is 0 Å². The molecule has 4 rings (SSSR count). The predicted molar refractivity (Wildman–Crippen MR) is 137 cm³/mol. The molecule has 0 radical (unpaired) electrons. The quantitative estimate of drug-likeness (QED) is 0.306. The number of carbonyl (C=O) groups is 1. The zero-order valence-electron chi connectivity index (χ0n) is 20.9. The van der Waals surface area contributed by atoms with Crippen LogP contribution in [-0.2, 0) is 23.7 Å². The normalized spacial score (nSPS) is 16.3. The molecule has 3 N–H and O–H groups in total. The number of nitrogen functional groups attached to an aromatic ring is 1. The highest BCUT2D eigenvalue weighted by molar-refractivity contribution is 7.13. The number of aromatic nitrogens is 1. The summed E-state index contributed by atoms with van der Waals surface area (Å²) in [6.45, 7) is 1.78. The van der Waals surface area contributed by atoms with E-state index in [1.807, 2.05) is 18.2 Å². The van der Waals surface area contributed by atoms with Crippen LogP contribution in [0.1, 0.15) is 59.0 Å². The SMILES string of the molecule is Nc1nc([C@@H](CCN2CCC(c3ccccc3)CC2)C(=O)NCc2cc(C(F)(F)F)cc(C(F)(F)F)c2)cs1. The first-order chi connectivity index (χ1) is 18.4. The Labute approximate surface area is 226 Å². The van der Waals surface area contributed by atoms with Crippen molar-refractivity contribution in [2.75, 3.05) is 25.4 Å². The van der Waals surface area contributed by atoms with Gasteiger partial charge < -0.3 is 16.0 Å². The molecule has 0 spiro atoms. The number of hydrogen-bond acceptors (Lipinski definition) is 5. The molecule has 0 unspecified atom stereocenters. The van der Waals surface area contributed by atoms with Gasteiger partial charge in [-0.1, -0.05) is 30.3 Å². The summed E-state index contributed by atoms with van der Waals surface area (Å²) in [5, 5.41) is 4.42. The third kappa shape index (κ3) is 7.72. The lowest BCUT2D eigenvalue weighted by atomic mass is 9.89. The van der Waals surface area contributed by atoms with Crippen LogP contribution in [0.4, 0.5) is 31.5 Å². The molecule has 1 amide bonds. The Bertz CT molecular complexity index is 1220. The van der Waals surface area contributed by atoms with Crippen molar-refractivity contribution in [3.05, 3.63) is 81.9 Å². The van der Waals surface area contributed by atoms with Crippen molar-refractivity contribution >= 4 is 22.4 Å². The van der Waals surface area contributed by atoms with Gasteiger partial charge in [-0.05, 0) is 74.1 Å². The van der Waals surface area contributed by atoms with Crippen LogP contribution in [0.3, 0.4) is 0 Å². The van der Waals surface area contributed by atoms with Gasteiger partial charge in [-0.2, -0.15) is 26.3 Å². The van der Waals surface area contributed by atoms with E-state index in [0.29, 0.717) is 36.7 Å². The third-order valence-corrected chi connectivity index (χ3v) is 7.61. The molecule has 39 heavy (non-hydrogen) atoms. The largest absolute Gasteiger partial charge is 0.416 e. The van der Waals surface area contributed by atoms with Crippen molar-refractivity contribution < 1.29 is 31.1 Å². The van der Waals surface area contributed by atoms with Crippen molar-refractivity contribution in [3.63, 3.8) is 0 Å². The van der Waals surface area contributed by atoms with Gasteiger partial charge in [0.2, 0.25) is 5.91 Å². The van der Waals surface area contributed by atoms with E-state index in [-0.39, 0.29) is 16.8 Å². The van der Waals surface area contributed by atoms with Crippen LogP contribution in [0, 0.1) is 0 Å². The fourth-order valence-electron chi connectivity index (χ4n) is 4.83. The Morgan fingerprint density at radius 1 is 1.03 bits per heavy atom. The summed E-state index contributed by atoms with van der Waals surface area (Å²) in [4.78, 5) is 19.6. The fraction of sp³-hybridized carbons (Fsp3) is 0.407. The van der Waals surface area contributed by atoms with Crippen LogP contribution in [0.15, 0.2) is 53.9 Å². The Hall–Kier alpha value is -3.12. The minimum Gasteiger partial charge on any atom is -0.375 e. The first-order valence-corrected chi connectivity index (χ1v) is 13.3. The molecular formula is C27H28F6N4OS. The van der Waals surface area contributed by atoms with E-state index in [1.165, 1.54) is 5.56 Å². The second kappa shape index (κ2) is 12.0. The smallest absolute Gasteiger partial charge is 0.375 e. The van der Waals surface area contributed by atoms with Gasteiger partial charge in [-0.25, -0.2) is 4.98 Å². The molecule has 1 aliphatic rings. The average Bonchev–Trinajstić information content (AvgIpc) is 3.33. The van der Waals surface area contributed by atoms with Crippen LogP contribution < -0.4 is 11.1 Å². The number of likely N-dealkylation sites (tertiary alicyclic amines) is 1. The van der Waals surface area contributed by atoms with Gasteiger partial charge in [-0.15, -0.1) is 11.3 Å². The molecule has 210 valence electrons. The lowest BCUT2D eigenvalue weighted by molar-refractivity contribution is -0.143. The number of anilines is 1. The number of piperidine rings is 1. The highest BCUT2D eigenvalue weighted by Crippen LogP contribution is 2.36. The summed E-state index contributed by atoms with van der Waals surface area (Å²) in [6.07, 6.45) is -7.60. The molecule has 1 saturated heterocycles. The van der Waals surface area contributed by atoms with Gasteiger partial charge in [0.25, 0.3) is 0 Å². The predicted octanol–water partition coefficient (Wildman–Crippen LogP) is 6.43. The van der Waals surface area contributed by atoms with E-state index >= 15 is 0 Å². The number of alkyl halides is 6. The molecule has 12 heteroatoms. The Morgan fingerprint density at radius 3 is 2.18 bits per heavy atom. The van der Waals surface area contributed by atoms with Crippen molar-refractivity contribution in [1.82, 2.24) is 15.2 Å². The molecule has 1 atom stereocenters. The molecule has 1 aromatic heterocycles. The van der Waals surface area contributed by atoms with Crippen molar-refractivity contribution in [2.24, 2.45) is 0 Å². The number of amides is 1. The van der Waals surface area contributed by atoms with Crippen molar-refractivity contribution in [2.45, 2.75) is 50.0 Å². The number of nitrogens with zero attached hydrogens (tertiary/aromatic N) is 2. The third-order valence-electron chi connectivity index (χ3n) is 6.92. The topological polar surface area (TPSA) is 71.2 Å². The minimum absolute atomic E-state index is 0.0626. The van der Waals surface area contributed by atoms with Crippen molar-refractivity contribution in [1.29, 1.82) is 0 Å². The van der Waals surface area contributed by atoms with Gasteiger partial charge in [-0.3, -0.25) is 4.79 Å². The fourth-order valence-corrected chi connectivity index (χ4v) is 5.45. The molecule has 0 aliphatic carbocycles. The summed E-state index contributed by atoms with van der Waals surface area (Å²) in [5.74, 6) is -0.822. The minimum atomic E-state index is -4.96. The van der Waals surface area contributed by atoms with Crippen LogP contribution >= 0.6 is 11.3 Å². The van der Waals surface area contributed by atoms with Crippen LogP contribution in [0.5, 0.6) is 0 Å². The Kier molecular flexibility index (Phi) is 8.85.